The third kappa shape index (κ3) is 1.93. The standard InChI is InChI=1S/C13H15ClN2/c1-9(2)16-7-6-12(13(16)15)10-4-3-5-11(14)8-10/h3-9H,15H2,1-2H3. The zero-order valence-corrected chi connectivity index (χ0v) is 10.2. The van der Waals surface area contributed by atoms with Gasteiger partial charge in [0.1, 0.15) is 5.82 Å². The minimum Gasteiger partial charge on any atom is -0.385 e. The van der Waals surface area contributed by atoms with Gasteiger partial charge in [-0.2, -0.15) is 0 Å². The van der Waals surface area contributed by atoms with Crippen LogP contribution in [0.4, 0.5) is 5.82 Å². The van der Waals surface area contributed by atoms with Crippen molar-refractivity contribution in [2.45, 2.75) is 19.9 Å². The van der Waals surface area contributed by atoms with Crippen LogP contribution in [-0.4, -0.2) is 4.57 Å². The lowest BCUT2D eigenvalue weighted by Crippen LogP contribution is -2.04. The number of halogens is 1. The van der Waals surface area contributed by atoms with Crippen LogP contribution in [0, 0.1) is 0 Å². The van der Waals surface area contributed by atoms with Gasteiger partial charge in [-0.1, -0.05) is 23.7 Å². The van der Waals surface area contributed by atoms with E-state index in [9.17, 15) is 0 Å². The van der Waals surface area contributed by atoms with E-state index in [1.807, 2.05) is 36.5 Å². The molecule has 0 saturated carbocycles. The number of hydrogen-bond donors (Lipinski definition) is 1. The molecule has 0 bridgehead atoms. The summed E-state index contributed by atoms with van der Waals surface area (Å²) in [4.78, 5) is 0. The van der Waals surface area contributed by atoms with E-state index in [4.69, 9.17) is 17.3 Å². The second-order valence-electron chi connectivity index (χ2n) is 4.13. The molecule has 84 valence electrons. The molecule has 3 heteroatoms. The molecule has 16 heavy (non-hydrogen) atoms. The number of nitrogen functional groups attached to an aromatic ring is 1. The van der Waals surface area contributed by atoms with Gasteiger partial charge in [-0.15, -0.1) is 0 Å². The molecule has 0 amide bonds. The lowest BCUT2D eigenvalue weighted by Gasteiger charge is -2.10. The molecule has 0 aliphatic carbocycles. The molecule has 2 rings (SSSR count). The molecule has 0 atom stereocenters. The van der Waals surface area contributed by atoms with Crippen LogP contribution in [-0.2, 0) is 0 Å². The van der Waals surface area contributed by atoms with Crippen LogP contribution in [0.3, 0.4) is 0 Å². The number of nitrogens with two attached hydrogens (primary N) is 1. The van der Waals surface area contributed by atoms with Crippen LogP contribution < -0.4 is 5.73 Å². The van der Waals surface area contributed by atoms with Crippen molar-refractivity contribution in [3.8, 4) is 11.1 Å². The van der Waals surface area contributed by atoms with Gasteiger partial charge in [0.2, 0.25) is 0 Å². The highest BCUT2D eigenvalue weighted by Gasteiger charge is 2.09. The Morgan fingerprint density at radius 1 is 1.25 bits per heavy atom. The van der Waals surface area contributed by atoms with Crippen molar-refractivity contribution in [2.75, 3.05) is 5.73 Å². The van der Waals surface area contributed by atoms with Gasteiger partial charge < -0.3 is 10.3 Å². The van der Waals surface area contributed by atoms with Gasteiger partial charge in [-0.25, -0.2) is 0 Å². The maximum Gasteiger partial charge on any atom is 0.111 e. The number of benzene rings is 1. The quantitative estimate of drug-likeness (QED) is 0.838. The van der Waals surface area contributed by atoms with Crippen LogP contribution in [0.15, 0.2) is 36.5 Å². The summed E-state index contributed by atoms with van der Waals surface area (Å²) in [5.74, 6) is 0.789. The lowest BCUT2D eigenvalue weighted by molar-refractivity contribution is 0.612. The molecule has 2 nitrogen and oxygen atoms in total. The van der Waals surface area contributed by atoms with E-state index in [1.165, 1.54) is 0 Å². The maximum absolute atomic E-state index is 6.11. The summed E-state index contributed by atoms with van der Waals surface area (Å²) in [7, 11) is 0. The molecule has 1 heterocycles. The highest BCUT2D eigenvalue weighted by atomic mass is 35.5. The highest BCUT2D eigenvalue weighted by molar-refractivity contribution is 6.30. The van der Waals surface area contributed by atoms with Crippen LogP contribution in [0.5, 0.6) is 0 Å². The van der Waals surface area contributed by atoms with Gasteiger partial charge >= 0.3 is 0 Å². The predicted molar refractivity (Wildman–Crippen MR) is 69.7 cm³/mol. The van der Waals surface area contributed by atoms with E-state index in [0.717, 1.165) is 22.0 Å². The van der Waals surface area contributed by atoms with Crippen molar-refractivity contribution in [3.05, 3.63) is 41.6 Å². The molecule has 0 aliphatic heterocycles. The number of rotatable bonds is 2. The van der Waals surface area contributed by atoms with Crippen molar-refractivity contribution in [1.82, 2.24) is 4.57 Å². The second-order valence-corrected chi connectivity index (χ2v) is 4.56. The smallest absolute Gasteiger partial charge is 0.111 e. The Balaban J connectivity index is 2.49. The summed E-state index contributed by atoms with van der Waals surface area (Å²) < 4.78 is 2.05. The van der Waals surface area contributed by atoms with Crippen molar-refractivity contribution >= 4 is 17.4 Å². The maximum atomic E-state index is 6.11. The predicted octanol–water partition coefficient (Wildman–Crippen LogP) is 3.97. The fourth-order valence-corrected chi connectivity index (χ4v) is 2.00. The molecule has 1 aromatic heterocycles. The van der Waals surface area contributed by atoms with Gasteiger partial charge in [-0.05, 0) is 37.6 Å². The van der Waals surface area contributed by atoms with E-state index in [0.29, 0.717) is 6.04 Å². The molecular formula is C13H15ClN2. The first-order valence-corrected chi connectivity index (χ1v) is 5.69. The molecule has 2 aromatic rings. The Bertz CT molecular complexity index is 500. The van der Waals surface area contributed by atoms with Crippen molar-refractivity contribution in [2.24, 2.45) is 0 Å². The molecule has 2 N–H and O–H groups in total. The molecule has 0 spiro atoms. The summed E-state index contributed by atoms with van der Waals surface area (Å²) in [6.07, 6.45) is 2.01. The van der Waals surface area contributed by atoms with Crippen LogP contribution in [0.2, 0.25) is 5.02 Å². The topological polar surface area (TPSA) is 30.9 Å². The Hall–Kier alpha value is -1.41. The molecule has 0 unspecified atom stereocenters. The highest BCUT2D eigenvalue weighted by Crippen LogP contribution is 2.30. The Labute approximate surface area is 101 Å². The minimum absolute atomic E-state index is 0.368. The second kappa shape index (κ2) is 4.22. The summed E-state index contributed by atoms with van der Waals surface area (Å²) >= 11 is 5.97. The fourth-order valence-electron chi connectivity index (χ4n) is 1.81. The first-order valence-electron chi connectivity index (χ1n) is 5.32. The zero-order chi connectivity index (χ0) is 11.7. The van der Waals surface area contributed by atoms with Crippen molar-refractivity contribution in [1.29, 1.82) is 0 Å². The molecular weight excluding hydrogens is 220 g/mol. The minimum atomic E-state index is 0.368. The number of anilines is 1. The van der Waals surface area contributed by atoms with E-state index in [1.54, 1.807) is 0 Å². The monoisotopic (exact) mass is 234 g/mol. The summed E-state index contributed by atoms with van der Waals surface area (Å²) in [5.41, 5.74) is 8.20. The van der Waals surface area contributed by atoms with Crippen molar-refractivity contribution in [3.63, 3.8) is 0 Å². The Morgan fingerprint density at radius 3 is 2.56 bits per heavy atom. The van der Waals surface area contributed by atoms with E-state index in [2.05, 4.69) is 18.4 Å². The largest absolute Gasteiger partial charge is 0.385 e. The number of hydrogen-bond acceptors (Lipinski definition) is 1. The Kier molecular flexibility index (Phi) is 2.92. The third-order valence-corrected chi connectivity index (χ3v) is 2.88. The van der Waals surface area contributed by atoms with Gasteiger partial charge in [0.25, 0.3) is 0 Å². The normalized spacial score (nSPS) is 11.0. The lowest BCUT2D eigenvalue weighted by atomic mass is 10.1. The summed E-state index contributed by atoms with van der Waals surface area (Å²) in [6, 6.07) is 10.1. The zero-order valence-electron chi connectivity index (χ0n) is 9.44. The van der Waals surface area contributed by atoms with Crippen LogP contribution in [0.1, 0.15) is 19.9 Å². The molecule has 0 aliphatic rings. The van der Waals surface area contributed by atoms with Crippen molar-refractivity contribution < 1.29 is 0 Å². The van der Waals surface area contributed by atoms with Crippen LogP contribution >= 0.6 is 11.6 Å². The summed E-state index contributed by atoms with van der Waals surface area (Å²) in [6.45, 7) is 4.22. The Morgan fingerprint density at radius 2 is 2.00 bits per heavy atom. The van der Waals surface area contributed by atoms with Crippen LogP contribution in [0.25, 0.3) is 11.1 Å². The van der Waals surface area contributed by atoms with Gasteiger partial charge in [-0.3, -0.25) is 0 Å². The van der Waals surface area contributed by atoms with Gasteiger partial charge in [0, 0.05) is 22.8 Å². The summed E-state index contributed by atoms with van der Waals surface area (Å²) in [5, 5.41) is 0.731. The van der Waals surface area contributed by atoms with Gasteiger partial charge in [0.15, 0.2) is 0 Å². The first-order chi connectivity index (χ1) is 7.59. The van der Waals surface area contributed by atoms with E-state index < -0.39 is 0 Å². The number of nitrogens with zero attached hydrogens (tertiary/aromatic N) is 1. The SMILES string of the molecule is CC(C)n1ccc(-c2cccc(Cl)c2)c1N. The molecule has 1 aromatic carbocycles. The molecule has 0 fully saturated rings. The average Bonchev–Trinajstić information content (AvgIpc) is 2.60. The van der Waals surface area contributed by atoms with Gasteiger partial charge in [0.05, 0.1) is 0 Å². The molecule has 0 saturated heterocycles. The van der Waals surface area contributed by atoms with E-state index in [-0.39, 0.29) is 0 Å². The third-order valence-electron chi connectivity index (χ3n) is 2.65. The average molecular weight is 235 g/mol. The van der Waals surface area contributed by atoms with E-state index >= 15 is 0 Å². The molecule has 0 radical (unpaired) electrons. The first kappa shape index (κ1) is 11.1. The fraction of sp³-hybridized carbons (Fsp3) is 0.231. The number of aromatic nitrogens is 1.